The second-order valence-electron chi connectivity index (χ2n) is 3.77. The van der Waals surface area contributed by atoms with Crippen LogP contribution >= 0.6 is 0 Å². The van der Waals surface area contributed by atoms with E-state index in [-0.39, 0.29) is 11.4 Å². The number of hydroxylamine groups is 1. The fourth-order valence-corrected chi connectivity index (χ4v) is 1.27. The smallest absolute Gasteiger partial charge is 0.166 e. The molecule has 14 heavy (non-hydrogen) atoms. The molecule has 0 spiro atoms. The van der Waals surface area contributed by atoms with E-state index in [2.05, 4.69) is 0 Å². The van der Waals surface area contributed by atoms with Crippen LogP contribution in [0, 0.1) is 5.41 Å². The van der Waals surface area contributed by atoms with Gasteiger partial charge in [-0.25, -0.2) is 0 Å². The molecule has 0 unspecified atom stereocenters. The number of nitrogens with two attached hydrogens (primary N) is 1. The highest BCUT2D eigenvalue weighted by atomic mass is 16.5. The number of rotatable bonds is 3. The van der Waals surface area contributed by atoms with Crippen molar-refractivity contribution in [3.05, 3.63) is 24.0 Å². The minimum absolute atomic E-state index is 0.0310. The predicted octanol–water partition coefficient (Wildman–Crippen LogP) is 0.486. The molecule has 0 atom stereocenters. The van der Waals surface area contributed by atoms with Crippen molar-refractivity contribution >= 4 is 5.84 Å². The number of nitrogens with one attached hydrogen (secondary N) is 2. The van der Waals surface area contributed by atoms with Gasteiger partial charge in [0.1, 0.15) is 0 Å². The Hall–Kier alpha value is -1.33. The molecule has 0 fully saturated rings. The van der Waals surface area contributed by atoms with E-state index >= 15 is 0 Å². The lowest BCUT2D eigenvalue weighted by Crippen LogP contribution is -2.37. The van der Waals surface area contributed by atoms with E-state index in [1.54, 1.807) is 6.07 Å². The lowest BCUT2D eigenvalue weighted by atomic mass is 10.1. The van der Waals surface area contributed by atoms with Gasteiger partial charge in [-0.15, -0.1) is 0 Å². The van der Waals surface area contributed by atoms with Gasteiger partial charge in [0, 0.05) is 12.7 Å². The lowest BCUT2D eigenvalue weighted by molar-refractivity contribution is 0.232. The van der Waals surface area contributed by atoms with Crippen LogP contribution < -0.4 is 11.2 Å². The predicted molar refractivity (Wildman–Crippen MR) is 54.6 cm³/mol. The van der Waals surface area contributed by atoms with E-state index in [4.69, 9.17) is 16.4 Å². The molecule has 78 valence electrons. The van der Waals surface area contributed by atoms with Gasteiger partial charge >= 0.3 is 0 Å². The average Bonchev–Trinajstić information content (AvgIpc) is 2.65. The largest absolute Gasteiger partial charge is 0.338 e. The molecule has 0 aliphatic heterocycles. The molecule has 0 saturated carbocycles. The third-order valence-corrected chi connectivity index (χ3v) is 2.27. The van der Waals surface area contributed by atoms with Crippen molar-refractivity contribution in [2.45, 2.75) is 19.4 Å². The minimum Gasteiger partial charge on any atom is -0.338 e. The van der Waals surface area contributed by atoms with E-state index in [1.165, 1.54) is 0 Å². The van der Waals surface area contributed by atoms with Gasteiger partial charge in [0.25, 0.3) is 0 Å². The van der Waals surface area contributed by atoms with E-state index in [0.29, 0.717) is 12.2 Å². The number of aromatic nitrogens is 1. The van der Waals surface area contributed by atoms with Crippen LogP contribution in [0.15, 0.2) is 18.3 Å². The number of amidine groups is 1. The summed E-state index contributed by atoms with van der Waals surface area (Å²) in [6, 6.07) is 3.57. The molecule has 5 heteroatoms. The van der Waals surface area contributed by atoms with Crippen LogP contribution in [-0.4, -0.2) is 22.2 Å². The maximum absolute atomic E-state index is 8.65. The molecule has 0 bridgehead atoms. The van der Waals surface area contributed by atoms with Crippen LogP contribution in [0.5, 0.6) is 0 Å². The van der Waals surface area contributed by atoms with Gasteiger partial charge in [0.05, 0.1) is 11.2 Å². The lowest BCUT2D eigenvalue weighted by Gasteiger charge is -2.27. The molecular weight excluding hydrogens is 180 g/mol. The first kappa shape index (κ1) is 10.7. The quantitative estimate of drug-likeness (QED) is 0.322. The molecule has 5 nitrogen and oxygen atoms in total. The van der Waals surface area contributed by atoms with E-state index in [1.807, 2.05) is 36.2 Å². The summed E-state index contributed by atoms with van der Waals surface area (Å²) < 4.78 is 1.86. The van der Waals surface area contributed by atoms with Gasteiger partial charge in [-0.05, 0) is 26.0 Å². The molecule has 0 radical (unpaired) electrons. The highest BCUT2D eigenvalue weighted by Crippen LogP contribution is 2.17. The zero-order chi connectivity index (χ0) is 10.8. The monoisotopic (exact) mass is 196 g/mol. The van der Waals surface area contributed by atoms with E-state index in [0.717, 1.165) is 0 Å². The van der Waals surface area contributed by atoms with Gasteiger partial charge in [0.2, 0.25) is 0 Å². The Balaban J connectivity index is 3.10. The standard InChI is InChI=1S/C9H16N4O/c1-9(2,6-10)13-5-3-4-7(13)8(11)12-14/h3-5,14H,6,10H2,1-2H3,(H2,11,12). The molecule has 0 amide bonds. The minimum atomic E-state index is -0.262. The van der Waals surface area contributed by atoms with Crippen molar-refractivity contribution < 1.29 is 5.21 Å². The molecule has 1 aromatic rings. The summed E-state index contributed by atoms with van der Waals surface area (Å²) in [4.78, 5) is 0. The second-order valence-corrected chi connectivity index (χ2v) is 3.77. The van der Waals surface area contributed by atoms with Gasteiger partial charge < -0.3 is 10.3 Å². The molecule has 0 aliphatic carbocycles. The molecule has 1 rings (SSSR count). The molecule has 1 heterocycles. The summed E-state index contributed by atoms with van der Waals surface area (Å²) >= 11 is 0. The first-order valence-electron chi connectivity index (χ1n) is 4.40. The fraction of sp³-hybridized carbons (Fsp3) is 0.444. The average molecular weight is 196 g/mol. The van der Waals surface area contributed by atoms with Crippen molar-refractivity contribution in [1.29, 1.82) is 5.41 Å². The van der Waals surface area contributed by atoms with Crippen LogP contribution in [0.1, 0.15) is 19.5 Å². The summed E-state index contributed by atoms with van der Waals surface area (Å²) in [6.07, 6.45) is 1.84. The van der Waals surface area contributed by atoms with Gasteiger partial charge in [-0.2, -0.15) is 0 Å². The zero-order valence-electron chi connectivity index (χ0n) is 8.41. The van der Waals surface area contributed by atoms with Crippen LogP contribution in [0.2, 0.25) is 0 Å². The first-order chi connectivity index (χ1) is 6.53. The Kier molecular flexibility index (Phi) is 2.93. The first-order valence-corrected chi connectivity index (χ1v) is 4.40. The molecular formula is C9H16N4O. The molecule has 0 aliphatic rings. The Morgan fingerprint density at radius 3 is 2.86 bits per heavy atom. The SMILES string of the molecule is CC(C)(CN)n1cccc1C(=N)NO. The Labute approximate surface area is 83.0 Å². The van der Waals surface area contributed by atoms with Gasteiger partial charge in [-0.1, -0.05) is 0 Å². The van der Waals surface area contributed by atoms with Crippen LogP contribution in [0.3, 0.4) is 0 Å². The number of hydrogen-bond acceptors (Lipinski definition) is 3. The number of hydrogen-bond donors (Lipinski definition) is 4. The highest BCUT2D eigenvalue weighted by molar-refractivity contribution is 5.94. The van der Waals surface area contributed by atoms with Crippen molar-refractivity contribution in [3.63, 3.8) is 0 Å². The summed E-state index contributed by atoms with van der Waals surface area (Å²) in [6.45, 7) is 4.41. The molecule has 5 N–H and O–H groups in total. The van der Waals surface area contributed by atoms with Crippen LogP contribution in [0.25, 0.3) is 0 Å². The van der Waals surface area contributed by atoms with Crippen molar-refractivity contribution in [3.8, 4) is 0 Å². The normalized spacial score (nSPS) is 11.4. The van der Waals surface area contributed by atoms with Crippen molar-refractivity contribution in [1.82, 2.24) is 10.0 Å². The van der Waals surface area contributed by atoms with E-state index < -0.39 is 0 Å². The van der Waals surface area contributed by atoms with Crippen LogP contribution in [0.4, 0.5) is 0 Å². The Morgan fingerprint density at radius 2 is 2.36 bits per heavy atom. The fourth-order valence-electron chi connectivity index (χ4n) is 1.27. The number of nitrogens with zero attached hydrogens (tertiary/aromatic N) is 1. The molecule has 0 aromatic carbocycles. The Morgan fingerprint density at radius 1 is 1.71 bits per heavy atom. The van der Waals surface area contributed by atoms with Crippen molar-refractivity contribution in [2.75, 3.05) is 6.54 Å². The zero-order valence-corrected chi connectivity index (χ0v) is 8.41. The topological polar surface area (TPSA) is 87.1 Å². The molecule has 1 aromatic heterocycles. The van der Waals surface area contributed by atoms with Crippen LogP contribution in [-0.2, 0) is 5.54 Å². The van der Waals surface area contributed by atoms with Crippen molar-refractivity contribution in [2.24, 2.45) is 5.73 Å². The summed E-state index contributed by atoms with van der Waals surface area (Å²) in [5.74, 6) is -0.0310. The maximum Gasteiger partial charge on any atom is 0.166 e. The Bertz CT molecular complexity index is 329. The third-order valence-electron chi connectivity index (χ3n) is 2.27. The second kappa shape index (κ2) is 3.81. The van der Waals surface area contributed by atoms with Gasteiger partial charge in [-0.3, -0.25) is 16.1 Å². The summed E-state index contributed by atoms with van der Waals surface area (Å²) in [7, 11) is 0. The molecule has 0 saturated heterocycles. The van der Waals surface area contributed by atoms with E-state index in [9.17, 15) is 0 Å². The van der Waals surface area contributed by atoms with Gasteiger partial charge in [0.15, 0.2) is 5.84 Å². The maximum atomic E-state index is 8.65. The highest BCUT2D eigenvalue weighted by Gasteiger charge is 2.21. The summed E-state index contributed by atoms with van der Waals surface area (Å²) in [5.41, 5.74) is 7.81. The summed E-state index contributed by atoms with van der Waals surface area (Å²) in [5, 5.41) is 16.1. The third kappa shape index (κ3) is 1.78.